The first-order valence-corrected chi connectivity index (χ1v) is 9.33. The number of halogens is 2. The summed E-state index contributed by atoms with van der Waals surface area (Å²) >= 11 is 11.9. The minimum Gasteiger partial charge on any atom is -0.490 e. The lowest BCUT2D eigenvalue weighted by molar-refractivity contribution is -0.121. The van der Waals surface area contributed by atoms with Gasteiger partial charge in [-0.3, -0.25) is 4.79 Å². The van der Waals surface area contributed by atoms with E-state index < -0.39 is 0 Å². The zero-order valence-corrected chi connectivity index (χ0v) is 16.7. The van der Waals surface area contributed by atoms with Gasteiger partial charge in [-0.2, -0.15) is 0 Å². The lowest BCUT2D eigenvalue weighted by Crippen LogP contribution is -2.28. The van der Waals surface area contributed by atoms with E-state index in [1.165, 1.54) is 0 Å². The molecule has 0 aromatic heterocycles. The highest BCUT2D eigenvalue weighted by atomic mass is 35.5. The van der Waals surface area contributed by atoms with Gasteiger partial charge in [0.15, 0.2) is 11.5 Å². The van der Waals surface area contributed by atoms with Crippen LogP contribution in [0.4, 0.5) is 0 Å². The third-order valence-corrected chi connectivity index (χ3v) is 4.53. The van der Waals surface area contributed by atoms with Crippen LogP contribution < -0.4 is 14.8 Å². The van der Waals surface area contributed by atoms with E-state index >= 15 is 0 Å². The lowest BCUT2D eigenvalue weighted by Gasteiger charge is -2.17. The summed E-state index contributed by atoms with van der Waals surface area (Å²) in [4.78, 5) is 12.3. The zero-order valence-electron chi connectivity index (χ0n) is 15.1. The Morgan fingerprint density at radius 1 is 1.00 bits per heavy atom. The Balaban J connectivity index is 2.05. The fourth-order valence-electron chi connectivity index (χ4n) is 2.55. The number of rotatable bonds is 8. The normalized spacial score (nSPS) is 11.7. The molecule has 4 nitrogen and oxygen atoms in total. The molecule has 1 N–H and O–H groups in total. The van der Waals surface area contributed by atoms with Gasteiger partial charge in [0.2, 0.25) is 5.91 Å². The lowest BCUT2D eigenvalue weighted by atomic mass is 10.1. The van der Waals surface area contributed by atoms with E-state index in [4.69, 9.17) is 32.7 Å². The predicted molar refractivity (Wildman–Crippen MR) is 106 cm³/mol. The van der Waals surface area contributed by atoms with E-state index in [1.807, 2.05) is 39.0 Å². The fraction of sp³-hybridized carbons (Fsp3) is 0.350. The molecule has 0 fully saturated rings. The molecule has 0 aliphatic heterocycles. The Labute approximate surface area is 164 Å². The maximum absolute atomic E-state index is 12.3. The van der Waals surface area contributed by atoms with Crippen molar-refractivity contribution in [3.8, 4) is 11.5 Å². The van der Waals surface area contributed by atoms with Crippen molar-refractivity contribution < 1.29 is 14.3 Å². The topological polar surface area (TPSA) is 47.6 Å². The molecule has 0 heterocycles. The number of nitrogens with one attached hydrogen (secondary N) is 1. The van der Waals surface area contributed by atoms with Crippen LogP contribution in [0.5, 0.6) is 11.5 Å². The molecular formula is C20H23Cl2NO3. The van der Waals surface area contributed by atoms with Gasteiger partial charge in [0.25, 0.3) is 0 Å². The van der Waals surface area contributed by atoms with Crippen LogP contribution in [0.15, 0.2) is 36.4 Å². The van der Waals surface area contributed by atoms with E-state index in [1.54, 1.807) is 18.2 Å². The number of carbonyl (C=O) groups excluding carboxylic acids is 1. The van der Waals surface area contributed by atoms with Crippen LogP contribution in [-0.2, 0) is 11.2 Å². The van der Waals surface area contributed by atoms with Crippen molar-refractivity contribution in [3.05, 3.63) is 57.6 Å². The summed E-state index contributed by atoms with van der Waals surface area (Å²) in [7, 11) is 0. The Kier molecular flexibility index (Phi) is 7.61. The van der Waals surface area contributed by atoms with Gasteiger partial charge in [0.05, 0.1) is 35.7 Å². The molecule has 0 aliphatic rings. The minimum atomic E-state index is -0.167. The van der Waals surface area contributed by atoms with Crippen LogP contribution in [0, 0.1) is 0 Å². The second kappa shape index (κ2) is 9.70. The molecule has 1 amide bonds. The summed E-state index contributed by atoms with van der Waals surface area (Å²) in [6, 6.07) is 10.7. The van der Waals surface area contributed by atoms with E-state index in [9.17, 15) is 4.79 Å². The first kappa shape index (κ1) is 20.4. The molecule has 0 aliphatic carbocycles. The van der Waals surface area contributed by atoms with Gasteiger partial charge in [0, 0.05) is 0 Å². The molecule has 0 radical (unpaired) electrons. The van der Waals surface area contributed by atoms with E-state index in [2.05, 4.69) is 5.32 Å². The average molecular weight is 396 g/mol. The van der Waals surface area contributed by atoms with Gasteiger partial charge < -0.3 is 14.8 Å². The highest BCUT2D eigenvalue weighted by molar-refractivity contribution is 6.42. The summed E-state index contributed by atoms with van der Waals surface area (Å²) in [5.74, 6) is 1.28. The number of ether oxygens (including phenoxy) is 2. The van der Waals surface area contributed by atoms with Crippen molar-refractivity contribution in [2.24, 2.45) is 0 Å². The van der Waals surface area contributed by atoms with Crippen LogP contribution in [-0.4, -0.2) is 19.1 Å². The third kappa shape index (κ3) is 5.55. The van der Waals surface area contributed by atoms with Crippen LogP contribution in [0.1, 0.15) is 37.9 Å². The quantitative estimate of drug-likeness (QED) is 0.666. The zero-order chi connectivity index (χ0) is 19.1. The van der Waals surface area contributed by atoms with Crippen molar-refractivity contribution in [2.45, 2.75) is 33.2 Å². The van der Waals surface area contributed by atoms with E-state index in [0.717, 1.165) is 11.1 Å². The number of amides is 1. The van der Waals surface area contributed by atoms with E-state index in [-0.39, 0.29) is 18.4 Å². The second-order valence-electron chi connectivity index (χ2n) is 5.79. The van der Waals surface area contributed by atoms with Gasteiger partial charge in [-0.25, -0.2) is 0 Å². The molecule has 1 atom stereocenters. The molecule has 0 bridgehead atoms. The van der Waals surface area contributed by atoms with Crippen LogP contribution in [0.25, 0.3) is 0 Å². The minimum absolute atomic E-state index is 0.0947. The number of hydrogen-bond acceptors (Lipinski definition) is 3. The first-order valence-electron chi connectivity index (χ1n) is 8.57. The standard InChI is InChI=1S/C20H23Cl2NO3/c1-4-25-18-9-7-15(12-19(18)26-5-2)13(3)23-20(24)11-14-6-8-16(21)17(22)10-14/h6-10,12-13H,4-5,11H2,1-3H3,(H,23,24)/t13-/m1/s1. The summed E-state index contributed by atoms with van der Waals surface area (Å²) in [6.07, 6.45) is 0.233. The van der Waals surface area contributed by atoms with Gasteiger partial charge in [-0.1, -0.05) is 35.3 Å². The Morgan fingerprint density at radius 2 is 1.69 bits per heavy atom. The Morgan fingerprint density at radius 3 is 2.35 bits per heavy atom. The van der Waals surface area contributed by atoms with Gasteiger partial charge in [-0.15, -0.1) is 0 Å². The van der Waals surface area contributed by atoms with Crippen molar-refractivity contribution in [2.75, 3.05) is 13.2 Å². The Bertz CT molecular complexity index is 765. The molecule has 140 valence electrons. The number of benzene rings is 2. The molecule has 2 rings (SSSR count). The molecule has 0 saturated heterocycles. The molecule has 0 spiro atoms. The number of carbonyl (C=O) groups is 1. The van der Waals surface area contributed by atoms with Crippen molar-refractivity contribution in [1.29, 1.82) is 0 Å². The highest BCUT2D eigenvalue weighted by Gasteiger charge is 2.14. The summed E-state index contributed by atoms with van der Waals surface area (Å²) in [5, 5.41) is 3.90. The van der Waals surface area contributed by atoms with E-state index in [0.29, 0.717) is 34.8 Å². The molecular weight excluding hydrogens is 373 g/mol. The molecule has 2 aromatic rings. The smallest absolute Gasteiger partial charge is 0.224 e. The van der Waals surface area contributed by atoms with Gasteiger partial charge in [0.1, 0.15) is 0 Å². The number of hydrogen-bond donors (Lipinski definition) is 1. The monoisotopic (exact) mass is 395 g/mol. The van der Waals surface area contributed by atoms with Crippen molar-refractivity contribution in [3.63, 3.8) is 0 Å². The molecule has 0 unspecified atom stereocenters. The third-order valence-electron chi connectivity index (χ3n) is 3.79. The maximum Gasteiger partial charge on any atom is 0.224 e. The molecule has 2 aromatic carbocycles. The predicted octanol–water partition coefficient (Wildman–Crippen LogP) is 5.21. The van der Waals surface area contributed by atoms with Gasteiger partial charge in [-0.05, 0) is 56.2 Å². The highest BCUT2D eigenvalue weighted by Crippen LogP contribution is 2.30. The second-order valence-corrected chi connectivity index (χ2v) is 6.60. The fourth-order valence-corrected chi connectivity index (χ4v) is 2.87. The summed E-state index contributed by atoms with van der Waals surface area (Å²) in [6.45, 7) is 6.88. The average Bonchev–Trinajstić information content (AvgIpc) is 2.60. The largest absolute Gasteiger partial charge is 0.490 e. The SMILES string of the molecule is CCOc1ccc([C@@H](C)NC(=O)Cc2ccc(Cl)c(Cl)c2)cc1OCC. The summed E-state index contributed by atoms with van der Waals surface area (Å²) in [5.41, 5.74) is 1.75. The molecule has 26 heavy (non-hydrogen) atoms. The van der Waals surface area contributed by atoms with Gasteiger partial charge >= 0.3 is 0 Å². The van der Waals surface area contributed by atoms with Crippen molar-refractivity contribution >= 4 is 29.1 Å². The van der Waals surface area contributed by atoms with Crippen LogP contribution in [0.2, 0.25) is 10.0 Å². The summed E-state index contributed by atoms with van der Waals surface area (Å²) < 4.78 is 11.2. The maximum atomic E-state index is 12.3. The van der Waals surface area contributed by atoms with Crippen LogP contribution >= 0.6 is 23.2 Å². The van der Waals surface area contributed by atoms with Crippen molar-refractivity contribution in [1.82, 2.24) is 5.32 Å². The van der Waals surface area contributed by atoms with Crippen LogP contribution in [0.3, 0.4) is 0 Å². The first-order chi connectivity index (χ1) is 12.4. The Hall–Kier alpha value is -1.91. The molecule has 6 heteroatoms. The molecule has 0 saturated carbocycles.